The lowest BCUT2D eigenvalue weighted by molar-refractivity contribution is -0.119. The Bertz CT molecular complexity index is 1260. The highest BCUT2D eigenvalue weighted by Gasteiger charge is 2.25. The van der Waals surface area contributed by atoms with E-state index in [1.807, 2.05) is 45.2 Å². The van der Waals surface area contributed by atoms with Gasteiger partial charge in [0.2, 0.25) is 0 Å². The van der Waals surface area contributed by atoms with Gasteiger partial charge in [0, 0.05) is 48.3 Å². The molecule has 0 spiro atoms. The van der Waals surface area contributed by atoms with Gasteiger partial charge < -0.3 is 4.57 Å². The summed E-state index contributed by atoms with van der Waals surface area (Å²) in [6.45, 7) is 5.75. The van der Waals surface area contributed by atoms with Crippen molar-refractivity contribution in [1.29, 1.82) is 0 Å². The number of aryl methyl sites for hydroxylation is 1. The predicted octanol–water partition coefficient (Wildman–Crippen LogP) is 5.19. The normalized spacial score (nSPS) is 16.0. The van der Waals surface area contributed by atoms with Gasteiger partial charge in [0.25, 0.3) is 5.56 Å². The van der Waals surface area contributed by atoms with E-state index < -0.39 is 0 Å². The molecule has 5 heteroatoms. The molecule has 31 heavy (non-hydrogen) atoms. The Morgan fingerprint density at radius 3 is 2.48 bits per heavy atom. The number of ketones is 1. The summed E-state index contributed by atoms with van der Waals surface area (Å²) in [4.78, 5) is 29.7. The summed E-state index contributed by atoms with van der Waals surface area (Å²) in [5, 5.41) is 0. The number of carbonyl (C=O) groups is 1. The number of halogens is 1. The molecule has 0 N–H and O–H groups in total. The fourth-order valence-corrected chi connectivity index (χ4v) is 4.14. The molecule has 2 heterocycles. The second-order valence-electron chi connectivity index (χ2n) is 8.10. The molecule has 1 unspecified atom stereocenters. The molecule has 0 saturated heterocycles. The zero-order chi connectivity index (χ0) is 22.3. The van der Waals surface area contributed by atoms with Gasteiger partial charge in [-0.1, -0.05) is 26.0 Å². The van der Waals surface area contributed by atoms with Crippen molar-refractivity contribution in [3.05, 3.63) is 93.2 Å². The van der Waals surface area contributed by atoms with Gasteiger partial charge in [0.1, 0.15) is 11.6 Å². The number of hydrogen-bond acceptors (Lipinski definition) is 3. The Kier molecular flexibility index (Phi) is 5.44. The summed E-state index contributed by atoms with van der Waals surface area (Å²) in [5.41, 5.74) is 5.96. The summed E-state index contributed by atoms with van der Waals surface area (Å²) in [5.74, 6) is -0.354. The Morgan fingerprint density at radius 1 is 1.10 bits per heavy atom. The second-order valence-corrected chi connectivity index (χ2v) is 8.10. The first-order valence-electron chi connectivity index (χ1n) is 10.5. The maximum Gasteiger partial charge on any atom is 0.250 e. The maximum absolute atomic E-state index is 13.6. The lowest BCUT2D eigenvalue weighted by atomic mass is 9.87. The number of nitrogens with zero attached hydrogens (tertiary/aromatic N) is 2. The molecule has 2 aromatic carbocycles. The standard InChI is InChI=1S/C26H25FN2O2/c1-5-24(30)15(2)18-8-11-20-22(12-18)23-14-29(4)25(31)13-21(23)16(3)28-26(20)17-6-9-19(27)10-7-17/h6-16H,5H2,1-4H3/t15?,16-/m0/s1. The van der Waals surface area contributed by atoms with Gasteiger partial charge in [-0.3, -0.25) is 14.6 Å². The van der Waals surface area contributed by atoms with Crippen LogP contribution in [0.1, 0.15) is 61.4 Å². The van der Waals surface area contributed by atoms with Crippen LogP contribution in [0.2, 0.25) is 0 Å². The molecular formula is C26H25FN2O2. The van der Waals surface area contributed by atoms with Gasteiger partial charge >= 0.3 is 0 Å². The Morgan fingerprint density at radius 2 is 1.81 bits per heavy atom. The van der Waals surface area contributed by atoms with Gasteiger partial charge in [0.05, 0.1) is 11.8 Å². The van der Waals surface area contributed by atoms with E-state index in [4.69, 9.17) is 4.99 Å². The zero-order valence-electron chi connectivity index (χ0n) is 18.1. The highest BCUT2D eigenvalue weighted by molar-refractivity contribution is 6.17. The number of pyridine rings is 1. The van der Waals surface area contributed by atoms with E-state index in [9.17, 15) is 14.0 Å². The highest BCUT2D eigenvalue weighted by atomic mass is 19.1. The third kappa shape index (κ3) is 3.76. The number of rotatable bonds is 4. The molecule has 1 aliphatic heterocycles. The minimum atomic E-state index is -0.306. The molecule has 0 aliphatic carbocycles. The van der Waals surface area contributed by atoms with E-state index >= 15 is 0 Å². The van der Waals surface area contributed by atoms with E-state index in [1.165, 1.54) is 12.1 Å². The van der Waals surface area contributed by atoms with E-state index in [0.29, 0.717) is 6.42 Å². The van der Waals surface area contributed by atoms with Crippen LogP contribution in [-0.2, 0) is 11.8 Å². The van der Waals surface area contributed by atoms with Crippen molar-refractivity contribution in [1.82, 2.24) is 4.57 Å². The van der Waals surface area contributed by atoms with Crippen LogP contribution >= 0.6 is 0 Å². The molecule has 3 aromatic rings. The number of carbonyl (C=O) groups excluding carboxylic acids is 1. The van der Waals surface area contributed by atoms with Crippen molar-refractivity contribution in [2.75, 3.05) is 0 Å². The molecule has 4 rings (SSSR count). The predicted molar refractivity (Wildman–Crippen MR) is 121 cm³/mol. The molecule has 0 saturated carbocycles. The summed E-state index contributed by atoms with van der Waals surface area (Å²) < 4.78 is 15.1. The molecule has 1 aliphatic rings. The number of Topliss-reactive ketones (excluding diaryl/α,β-unsaturated/α-hetero) is 1. The fourth-order valence-electron chi connectivity index (χ4n) is 4.14. The van der Waals surface area contributed by atoms with Gasteiger partial charge in [-0.05, 0) is 53.9 Å². The number of aromatic nitrogens is 1. The summed E-state index contributed by atoms with van der Waals surface area (Å²) in [6.07, 6.45) is 2.31. The summed E-state index contributed by atoms with van der Waals surface area (Å²) in [7, 11) is 1.73. The Labute approximate surface area is 181 Å². The van der Waals surface area contributed by atoms with E-state index in [1.54, 1.807) is 29.8 Å². The van der Waals surface area contributed by atoms with E-state index in [2.05, 4.69) is 0 Å². The quantitative estimate of drug-likeness (QED) is 0.588. The molecule has 2 atom stereocenters. The molecule has 0 radical (unpaired) electrons. The Balaban J connectivity index is 2.01. The van der Waals surface area contributed by atoms with Crippen LogP contribution in [0.5, 0.6) is 0 Å². The smallest absolute Gasteiger partial charge is 0.250 e. The lowest BCUT2D eigenvalue weighted by Gasteiger charge is -2.17. The number of aliphatic imine (C=N–C) groups is 1. The van der Waals surface area contributed by atoms with Crippen molar-refractivity contribution in [3.63, 3.8) is 0 Å². The number of benzene rings is 2. The minimum Gasteiger partial charge on any atom is -0.318 e. The Hall–Kier alpha value is -3.34. The molecule has 1 aromatic heterocycles. The largest absolute Gasteiger partial charge is 0.318 e. The first kappa shape index (κ1) is 20.9. The summed E-state index contributed by atoms with van der Waals surface area (Å²) in [6, 6.07) is 13.6. The number of hydrogen-bond donors (Lipinski definition) is 0. The molecule has 0 amide bonds. The SMILES string of the molecule is CCC(=O)C(C)c1ccc2c(c1)-c1cn(C)c(=O)cc1[C@H](C)N=C2c1ccc(F)cc1. The first-order chi connectivity index (χ1) is 14.8. The third-order valence-electron chi connectivity index (χ3n) is 6.07. The lowest BCUT2D eigenvalue weighted by Crippen LogP contribution is -2.17. The molecule has 0 fully saturated rings. The fraction of sp³-hybridized carbons (Fsp3) is 0.269. The maximum atomic E-state index is 13.6. The van der Waals surface area contributed by atoms with Crippen LogP contribution in [-0.4, -0.2) is 16.1 Å². The topological polar surface area (TPSA) is 51.4 Å². The first-order valence-corrected chi connectivity index (χ1v) is 10.5. The highest BCUT2D eigenvalue weighted by Crippen LogP contribution is 2.38. The van der Waals surface area contributed by atoms with Crippen LogP contribution in [0.3, 0.4) is 0 Å². The summed E-state index contributed by atoms with van der Waals surface area (Å²) >= 11 is 0. The molecule has 4 nitrogen and oxygen atoms in total. The minimum absolute atomic E-state index is 0.0988. The van der Waals surface area contributed by atoms with Crippen LogP contribution in [0.25, 0.3) is 11.1 Å². The van der Waals surface area contributed by atoms with E-state index in [-0.39, 0.29) is 29.1 Å². The van der Waals surface area contributed by atoms with Crippen molar-refractivity contribution in [3.8, 4) is 11.1 Å². The second kappa shape index (κ2) is 8.06. The van der Waals surface area contributed by atoms with Gasteiger partial charge in [-0.2, -0.15) is 0 Å². The van der Waals surface area contributed by atoms with Gasteiger partial charge in [-0.25, -0.2) is 4.39 Å². The van der Waals surface area contributed by atoms with Gasteiger partial charge in [-0.15, -0.1) is 0 Å². The zero-order valence-corrected chi connectivity index (χ0v) is 18.1. The average Bonchev–Trinajstić information content (AvgIpc) is 2.88. The third-order valence-corrected chi connectivity index (χ3v) is 6.07. The van der Waals surface area contributed by atoms with Crippen LogP contribution in [0.4, 0.5) is 4.39 Å². The van der Waals surface area contributed by atoms with Crippen molar-refractivity contribution in [2.24, 2.45) is 12.0 Å². The molecule has 158 valence electrons. The number of fused-ring (bicyclic) bond motifs is 3. The van der Waals surface area contributed by atoms with E-state index in [0.717, 1.165) is 39.1 Å². The molecular weight excluding hydrogens is 391 g/mol. The van der Waals surface area contributed by atoms with Crippen molar-refractivity contribution < 1.29 is 9.18 Å². The van der Waals surface area contributed by atoms with Gasteiger partial charge in [0.15, 0.2) is 0 Å². The van der Waals surface area contributed by atoms with Crippen LogP contribution in [0.15, 0.2) is 64.5 Å². The van der Waals surface area contributed by atoms with Crippen LogP contribution < -0.4 is 5.56 Å². The molecule has 0 bridgehead atoms. The van der Waals surface area contributed by atoms with Crippen molar-refractivity contribution >= 4 is 11.5 Å². The average molecular weight is 416 g/mol. The van der Waals surface area contributed by atoms with Crippen LogP contribution in [0, 0.1) is 5.82 Å². The van der Waals surface area contributed by atoms with Crippen molar-refractivity contribution in [2.45, 2.75) is 39.2 Å². The monoisotopic (exact) mass is 416 g/mol.